The molecule has 2 atom stereocenters. The minimum atomic E-state index is -0.754. The molecule has 9 aromatic rings. The van der Waals surface area contributed by atoms with Gasteiger partial charge < -0.3 is 9.80 Å². The maximum atomic E-state index is 12.4. The molecule has 90 heavy (non-hydrogen) atoms. The topological polar surface area (TPSA) is 98.8 Å². The van der Waals surface area contributed by atoms with Crippen LogP contribution >= 0.6 is 46.4 Å². The second-order valence-corrected chi connectivity index (χ2v) is 27.2. The molecule has 0 spiro atoms. The summed E-state index contributed by atoms with van der Waals surface area (Å²) in [5.74, 6) is 0. The summed E-state index contributed by atoms with van der Waals surface area (Å²) >= 11 is 27.4. The van der Waals surface area contributed by atoms with Gasteiger partial charge in [-0.1, -0.05) is 192 Å². The maximum Gasteiger partial charge on any atom is 0.306 e. The zero-order chi connectivity index (χ0) is 63.3. The van der Waals surface area contributed by atoms with Gasteiger partial charge in [-0.05, 0) is 123 Å². The molecule has 13 rings (SSSR count). The summed E-state index contributed by atoms with van der Waals surface area (Å²) in [6, 6.07) is 58.8. The van der Waals surface area contributed by atoms with Gasteiger partial charge in [0.2, 0.25) is 11.4 Å². The Balaban J connectivity index is 0.880. The minimum absolute atomic E-state index is 0.00408. The van der Waals surface area contributed by atoms with E-state index in [1.54, 1.807) is 12.1 Å². The Morgan fingerprint density at radius 1 is 0.456 bits per heavy atom. The lowest BCUT2D eigenvalue weighted by Crippen LogP contribution is -2.29. The largest absolute Gasteiger partial charge is 0.347 e. The van der Waals surface area contributed by atoms with Crippen molar-refractivity contribution in [3.8, 4) is 0 Å². The number of benzene rings is 9. The molecule has 0 N–H and O–H groups in total. The van der Waals surface area contributed by atoms with E-state index in [2.05, 4.69) is 218 Å². The lowest BCUT2D eigenvalue weighted by Gasteiger charge is -2.29. The number of halogens is 4. The highest BCUT2D eigenvalue weighted by molar-refractivity contribution is 6.40. The fraction of sp³-hybridized carbons (Fsp3) is 0.211. The quantitative estimate of drug-likeness (QED) is 0.0611. The molecule has 2 unspecified atom stereocenters. The SMILES string of the molecule is CN1/C(=C/C=C/C2=[N+](Cc3ccc(C[N+]4=C(/C=C/C=C5/N(C)c6cc(Cl)c([N+](=O)[O-])c(Cl)c6C5(C)Cc5ccccc5)C(C)(C)c5c4ccc4ccccc54)cc3)c3ccc4ccccc4c3C2(C)C)C(C)(Cc2ccccc2)c2c1cc(Cl)c([N+](=O)[O-])c2Cl. The Bertz CT molecular complexity index is 4420. The third-order valence-corrected chi connectivity index (χ3v) is 20.7. The highest BCUT2D eigenvalue weighted by atomic mass is 35.5. The molecule has 0 saturated heterocycles. The Kier molecular flexibility index (Phi) is 15.2. The van der Waals surface area contributed by atoms with E-state index < -0.39 is 31.5 Å². The highest BCUT2D eigenvalue weighted by Crippen LogP contribution is 2.58. The summed E-state index contributed by atoms with van der Waals surface area (Å²) < 4.78 is 4.90. The zero-order valence-electron chi connectivity index (χ0n) is 51.3. The third kappa shape index (κ3) is 9.77. The molecule has 0 aromatic heterocycles. The average molecular weight is 1270 g/mol. The number of nitrogens with zero attached hydrogens (tertiary/aromatic N) is 6. The van der Waals surface area contributed by atoms with Gasteiger partial charge >= 0.3 is 11.4 Å². The number of likely N-dealkylation sites (N-methyl/N-ethyl adjacent to an activating group) is 2. The molecule has 0 radical (unpaired) electrons. The molecule has 0 amide bonds. The van der Waals surface area contributed by atoms with E-state index in [4.69, 9.17) is 46.4 Å². The smallest absolute Gasteiger partial charge is 0.306 e. The summed E-state index contributed by atoms with van der Waals surface area (Å²) in [6.07, 6.45) is 14.1. The van der Waals surface area contributed by atoms with Crippen LogP contribution in [0.2, 0.25) is 20.1 Å². The molecule has 0 fully saturated rings. The Labute approximate surface area is 544 Å². The van der Waals surface area contributed by atoms with Crippen molar-refractivity contribution < 1.29 is 19.0 Å². The number of hydrogen-bond acceptors (Lipinski definition) is 6. The molecule has 14 heteroatoms. The van der Waals surface area contributed by atoms with Crippen LogP contribution in [0.4, 0.5) is 34.1 Å². The molecular weight excluding hydrogens is 1200 g/mol. The van der Waals surface area contributed by atoms with E-state index in [1.165, 1.54) is 32.7 Å². The monoisotopic (exact) mass is 1270 g/mol. The van der Waals surface area contributed by atoms with Gasteiger partial charge in [-0.2, -0.15) is 9.15 Å². The first-order valence-corrected chi connectivity index (χ1v) is 31.6. The summed E-state index contributed by atoms with van der Waals surface area (Å²) in [7, 11) is 3.95. The summed E-state index contributed by atoms with van der Waals surface area (Å²) in [4.78, 5) is 28.0. The van der Waals surface area contributed by atoms with Gasteiger partial charge in [-0.25, -0.2) is 0 Å². The molecule has 4 aliphatic rings. The van der Waals surface area contributed by atoms with E-state index in [0.29, 0.717) is 37.1 Å². The first-order chi connectivity index (χ1) is 43.0. The standard InChI is InChI=1S/C76H66Cl4N6O4/c1-73(2)61(29-19-31-63-75(5,43-47-21-11-9-12-22-47)67-59(81(63)7)41-55(77)71(69(67)79)85(87)88)83(57-39-37-51-25-15-17-27-53(51)65(57)73)45-49-33-35-50(36-34-49)46-84-58-40-38-52-26-16-18-28-54(52)66(58)74(3,4)62(84)30-20-32-64-76(6,44-48-23-13-10-14-24-48)68-60(82(64)8)42-56(78)72(70(68)80)86(89)90/h9-42H,43-46H2,1-8H3/q+2. The van der Waals surface area contributed by atoms with Crippen molar-refractivity contribution in [3.63, 3.8) is 0 Å². The van der Waals surface area contributed by atoms with E-state index >= 15 is 0 Å². The predicted octanol–water partition coefficient (Wildman–Crippen LogP) is 19.8. The highest BCUT2D eigenvalue weighted by Gasteiger charge is 2.51. The van der Waals surface area contributed by atoms with Crippen molar-refractivity contribution in [1.82, 2.24) is 0 Å². The van der Waals surface area contributed by atoms with Crippen LogP contribution in [0.1, 0.15) is 86.1 Å². The second-order valence-electron chi connectivity index (χ2n) is 25.6. The molecule has 4 aliphatic heterocycles. The number of hydrogen-bond donors (Lipinski definition) is 0. The Morgan fingerprint density at radius 2 is 0.811 bits per heavy atom. The number of nitro groups is 2. The van der Waals surface area contributed by atoms with Crippen LogP contribution in [0.15, 0.2) is 218 Å². The maximum absolute atomic E-state index is 12.4. The van der Waals surface area contributed by atoms with E-state index in [1.807, 2.05) is 50.5 Å². The van der Waals surface area contributed by atoms with E-state index in [0.717, 1.165) is 67.8 Å². The average Bonchev–Trinajstić information content (AvgIpc) is 1.59. The number of anilines is 2. The van der Waals surface area contributed by atoms with Crippen molar-refractivity contribution >= 4 is 113 Å². The lowest BCUT2D eigenvalue weighted by atomic mass is 9.76. The molecule has 10 nitrogen and oxygen atoms in total. The minimum Gasteiger partial charge on any atom is -0.347 e. The predicted molar refractivity (Wildman–Crippen MR) is 370 cm³/mol. The summed E-state index contributed by atoms with van der Waals surface area (Å²) in [5, 5.41) is 29.7. The Morgan fingerprint density at radius 3 is 1.18 bits per heavy atom. The summed E-state index contributed by atoms with van der Waals surface area (Å²) in [6.45, 7) is 14.6. The molecule has 0 bridgehead atoms. The van der Waals surface area contributed by atoms with E-state index in [9.17, 15) is 20.2 Å². The second kappa shape index (κ2) is 22.7. The van der Waals surface area contributed by atoms with Crippen molar-refractivity contribution in [3.05, 3.63) is 303 Å². The molecule has 0 saturated carbocycles. The van der Waals surface area contributed by atoms with Crippen LogP contribution in [0.5, 0.6) is 0 Å². The fourth-order valence-electron chi connectivity index (χ4n) is 15.3. The van der Waals surface area contributed by atoms with E-state index in [-0.39, 0.29) is 31.5 Å². The van der Waals surface area contributed by atoms with Crippen LogP contribution in [0.3, 0.4) is 0 Å². The van der Waals surface area contributed by atoms with Crippen LogP contribution in [-0.4, -0.2) is 44.5 Å². The molecule has 4 heterocycles. The van der Waals surface area contributed by atoms with Crippen molar-refractivity contribution in [2.24, 2.45) is 0 Å². The first-order valence-electron chi connectivity index (χ1n) is 30.1. The van der Waals surface area contributed by atoms with Crippen LogP contribution in [0.25, 0.3) is 21.5 Å². The molecule has 0 aliphatic carbocycles. The number of rotatable bonds is 14. The van der Waals surface area contributed by atoms with Crippen LogP contribution in [-0.2, 0) is 47.6 Å². The van der Waals surface area contributed by atoms with Crippen LogP contribution in [0, 0.1) is 20.2 Å². The van der Waals surface area contributed by atoms with Crippen molar-refractivity contribution in [2.45, 2.75) is 89.1 Å². The first kappa shape index (κ1) is 60.3. The summed E-state index contributed by atoms with van der Waals surface area (Å²) in [5.41, 5.74) is 13.2. The van der Waals surface area contributed by atoms with Gasteiger partial charge in [-0.15, -0.1) is 0 Å². The zero-order valence-corrected chi connectivity index (χ0v) is 54.3. The van der Waals surface area contributed by atoms with Gasteiger partial charge in [-0.3, -0.25) is 20.2 Å². The number of fused-ring (bicyclic) bond motifs is 8. The molecule has 450 valence electrons. The molecular formula is C76H66Cl4N6O4+2. The van der Waals surface area contributed by atoms with Crippen molar-refractivity contribution in [2.75, 3.05) is 23.9 Å². The van der Waals surface area contributed by atoms with Crippen LogP contribution < -0.4 is 9.80 Å². The molecule has 9 aromatic carbocycles. The lowest BCUT2D eigenvalue weighted by molar-refractivity contribution is -0.455. The van der Waals surface area contributed by atoms with Gasteiger partial charge in [0.15, 0.2) is 24.5 Å². The number of nitro benzene ring substituents is 2. The van der Waals surface area contributed by atoms with Gasteiger partial charge in [0.1, 0.15) is 20.1 Å². The normalized spacial score (nSPS) is 19.8. The van der Waals surface area contributed by atoms with Gasteiger partial charge in [0.05, 0.1) is 20.7 Å². The van der Waals surface area contributed by atoms with Crippen molar-refractivity contribution in [1.29, 1.82) is 0 Å². The van der Waals surface area contributed by atoms with Gasteiger partial charge in [0.25, 0.3) is 0 Å². The number of allylic oxidation sites excluding steroid dienone is 8. The third-order valence-electron chi connectivity index (χ3n) is 19.4. The fourth-order valence-corrected chi connectivity index (χ4v) is 16.9. The van der Waals surface area contributed by atoms with Gasteiger partial charge in [0, 0.05) is 105 Å². The Hall–Kier alpha value is -8.64.